The zero-order valence-electron chi connectivity index (χ0n) is 16.4. The van der Waals surface area contributed by atoms with Gasteiger partial charge < -0.3 is 10.2 Å². The van der Waals surface area contributed by atoms with E-state index < -0.39 is 0 Å². The molecule has 1 aromatic heterocycles. The van der Waals surface area contributed by atoms with Crippen LogP contribution in [0.5, 0.6) is 0 Å². The largest absolute Gasteiger partial charge is 0.371 e. The number of benzene rings is 2. The Labute approximate surface area is 166 Å². The quantitative estimate of drug-likeness (QED) is 0.740. The normalized spacial score (nSPS) is 16.4. The monoisotopic (exact) mass is 374 g/mol. The number of rotatable bonds is 5. The van der Waals surface area contributed by atoms with Crippen molar-refractivity contribution in [2.45, 2.75) is 20.3 Å². The highest BCUT2D eigenvalue weighted by Gasteiger charge is 2.24. The molecule has 0 bridgehead atoms. The van der Waals surface area contributed by atoms with Crippen LogP contribution in [0.25, 0.3) is 5.69 Å². The molecule has 0 radical (unpaired) electrons. The molecule has 1 fully saturated rings. The van der Waals surface area contributed by atoms with E-state index in [2.05, 4.69) is 52.6 Å². The van der Waals surface area contributed by atoms with Crippen molar-refractivity contribution in [1.29, 1.82) is 0 Å². The van der Waals surface area contributed by atoms with Gasteiger partial charge in [-0.3, -0.25) is 4.79 Å². The molecule has 144 valence electrons. The molecule has 1 unspecified atom stereocenters. The summed E-state index contributed by atoms with van der Waals surface area (Å²) in [5.41, 5.74) is 4.90. The summed E-state index contributed by atoms with van der Waals surface area (Å²) in [6.07, 6.45) is 2.76. The van der Waals surface area contributed by atoms with Gasteiger partial charge in [-0.1, -0.05) is 36.4 Å². The summed E-state index contributed by atoms with van der Waals surface area (Å²) >= 11 is 0. The molecule has 1 N–H and O–H groups in total. The van der Waals surface area contributed by atoms with Crippen LogP contribution in [0.3, 0.4) is 0 Å². The third-order valence-electron chi connectivity index (χ3n) is 5.56. The first-order valence-corrected chi connectivity index (χ1v) is 9.82. The van der Waals surface area contributed by atoms with Crippen molar-refractivity contribution in [1.82, 2.24) is 15.1 Å². The van der Waals surface area contributed by atoms with Crippen LogP contribution in [0, 0.1) is 19.8 Å². The van der Waals surface area contributed by atoms with Gasteiger partial charge in [-0.15, -0.1) is 0 Å². The summed E-state index contributed by atoms with van der Waals surface area (Å²) in [6, 6.07) is 18.5. The number of aryl methyl sites for hydroxylation is 1. The number of nitrogens with zero attached hydrogens (tertiary/aromatic N) is 3. The van der Waals surface area contributed by atoms with Gasteiger partial charge in [0.25, 0.3) is 5.91 Å². The van der Waals surface area contributed by atoms with Crippen molar-refractivity contribution in [2.24, 2.45) is 5.92 Å². The van der Waals surface area contributed by atoms with Gasteiger partial charge in [0.2, 0.25) is 0 Å². The van der Waals surface area contributed by atoms with E-state index in [1.54, 1.807) is 6.20 Å². The predicted octanol–water partition coefficient (Wildman–Crippen LogP) is 3.75. The SMILES string of the molecule is Cc1ccccc1-n1ncc(C(=O)NCC2CCN(c3ccccc3)C2)c1C. The van der Waals surface area contributed by atoms with E-state index in [4.69, 9.17) is 0 Å². The highest BCUT2D eigenvalue weighted by atomic mass is 16.1. The number of amides is 1. The molecule has 1 saturated heterocycles. The summed E-state index contributed by atoms with van der Waals surface area (Å²) in [6.45, 7) is 6.70. The number of nitrogens with one attached hydrogen (secondary N) is 1. The van der Waals surface area contributed by atoms with E-state index in [-0.39, 0.29) is 5.91 Å². The molecular weight excluding hydrogens is 348 g/mol. The van der Waals surface area contributed by atoms with Gasteiger partial charge in [0.1, 0.15) is 0 Å². The Morgan fingerprint density at radius 2 is 1.86 bits per heavy atom. The molecule has 1 aliphatic rings. The van der Waals surface area contributed by atoms with Crippen LogP contribution in [-0.4, -0.2) is 35.3 Å². The van der Waals surface area contributed by atoms with Crippen LogP contribution in [0.1, 0.15) is 28.0 Å². The minimum Gasteiger partial charge on any atom is -0.371 e. The summed E-state index contributed by atoms with van der Waals surface area (Å²) in [7, 11) is 0. The number of carbonyl (C=O) groups excluding carboxylic acids is 1. The Kier molecular flexibility index (Phi) is 5.15. The van der Waals surface area contributed by atoms with E-state index in [9.17, 15) is 4.79 Å². The van der Waals surface area contributed by atoms with Crippen molar-refractivity contribution < 1.29 is 4.79 Å². The van der Waals surface area contributed by atoms with Crippen LogP contribution in [-0.2, 0) is 0 Å². The maximum atomic E-state index is 12.7. The third kappa shape index (κ3) is 3.65. The molecule has 2 heterocycles. The maximum Gasteiger partial charge on any atom is 0.254 e. The van der Waals surface area contributed by atoms with Crippen LogP contribution < -0.4 is 10.2 Å². The predicted molar refractivity (Wildman–Crippen MR) is 112 cm³/mol. The Bertz CT molecular complexity index is 964. The zero-order chi connectivity index (χ0) is 19.5. The molecule has 1 aliphatic heterocycles. The number of para-hydroxylation sites is 2. The first kappa shape index (κ1) is 18.3. The van der Waals surface area contributed by atoms with Crippen molar-refractivity contribution in [3.63, 3.8) is 0 Å². The Hall–Kier alpha value is -3.08. The average molecular weight is 374 g/mol. The summed E-state index contributed by atoms with van der Waals surface area (Å²) in [5, 5.41) is 7.56. The van der Waals surface area contributed by atoms with Crippen molar-refractivity contribution >= 4 is 11.6 Å². The smallest absolute Gasteiger partial charge is 0.254 e. The lowest BCUT2D eigenvalue weighted by Crippen LogP contribution is -2.31. The fourth-order valence-corrected chi connectivity index (χ4v) is 3.88. The fourth-order valence-electron chi connectivity index (χ4n) is 3.88. The molecule has 28 heavy (non-hydrogen) atoms. The summed E-state index contributed by atoms with van der Waals surface area (Å²) in [5.74, 6) is 0.423. The van der Waals surface area contributed by atoms with Gasteiger partial charge in [-0.05, 0) is 49.9 Å². The lowest BCUT2D eigenvalue weighted by Gasteiger charge is -2.18. The Morgan fingerprint density at radius 1 is 1.11 bits per heavy atom. The lowest BCUT2D eigenvalue weighted by atomic mass is 10.1. The van der Waals surface area contributed by atoms with E-state index in [0.717, 1.165) is 36.5 Å². The zero-order valence-corrected chi connectivity index (χ0v) is 16.4. The summed E-state index contributed by atoms with van der Waals surface area (Å²) < 4.78 is 1.84. The molecule has 1 atom stereocenters. The Balaban J connectivity index is 1.38. The topological polar surface area (TPSA) is 50.2 Å². The maximum absolute atomic E-state index is 12.7. The van der Waals surface area contributed by atoms with Crippen LogP contribution >= 0.6 is 0 Å². The van der Waals surface area contributed by atoms with Gasteiger partial charge in [0, 0.05) is 25.3 Å². The van der Waals surface area contributed by atoms with E-state index >= 15 is 0 Å². The fraction of sp³-hybridized carbons (Fsp3) is 0.304. The van der Waals surface area contributed by atoms with E-state index in [0.29, 0.717) is 18.0 Å². The van der Waals surface area contributed by atoms with Crippen LogP contribution in [0.2, 0.25) is 0 Å². The van der Waals surface area contributed by atoms with Crippen LogP contribution in [0.15, 0.2) is 60.8 Å². The first-order chi connectivity index (χ1) is 13.6. The second-order valence-corrected chi connectivity index (χ2v) is 7.49. The molecule has 3 aromatic rings. The standard InChI is InChI=1S/C23H26N4O/c1-17-8-6-7-11-22(17)27-18(2)21(15-25-27)23(28)24-14-19-12-13-26(16-19)20-9-4-3-5-10-20/h3-11,15,19H,12-14,16H2,1-2H3,(H,24,28). The van der Waals surface area contributed by atoms with Crippen molar-refractivity contribution in [3.8, 4) is 5.69 Å². The highest BCUT2D eigenvalue weighted by molar-refractivity contribution is 5.95. The van der Waals surface area contributed by atoms with Gasteiger partial charge in [0.15, 0.2) is 0 Å². The Morgan fingerprint density at radius 3 is 2.64 bits per heavy atom. The molecule has 0 spiro atoms. The van der Waals surface area contributed by atoms with Crippen molar-refractivity contribution in [3.05, 3.63) is 77.6 Å². The lowest BCUT2D eigenvalue weighted by molar-refractivity contribution is 0.0947. The van der Waals surface area contributed by atoms with Crippen molar-refractivity contribution in [2.75, 3.05) is 24.5 Å². The van der Waals surface area contributed by atoms with Crippen LogP contribution in [0.4, 0.5) is 5.69 Å². The second kappa shape index (κ2) is 7.89. The highest BCUT2D eigenvalue weighted by Crippen LogP contribution is 2.23. The number of carbonyl (C=O) groups is 1. The number of hydrogen-bond donors (Lipinski definition) is 1. The first-order valence-electron chi connectivity index (χ1n) is 9.82. The number of hydrogen-bond acceptors (Lipinski definition) is 3. The molecule has 5 heteroatoms. The van der Waals surface area contributed by atoms with Gasteiger partial charge >= 0.3 is 0 Å². The van der Waals surface area contributed by atoms with E-state index in [1.807, 2.05) is 35.9 Å². The van der Waals surface area contributed by atoms with Gasteiger partial charge in [-0.2, -0.15) is 5.10 Å². The molecular formula is C23H26N4O. The van der Waals surface area contributed by atoms with Gasteiger partial charge in [-0.25, -0.2) is 4.68 Å². The molecule has 5 nitrogen and oxygen atoms in total. The minimum absolute atomic E-state index is 0.0458. The average Bonchev–Trinajstić information content (AvgIpc) is 3.34. The minimum atomic E-state index is -0.0458. The molecule has 2 aromatic carbocycles. The summed E-state index contributed by atoms with van der Waals surface area (Å²) in [4.78, 5) is 15.1. The molecule has 0 aliphatic carbocycles. The molecule has 0 saturated carbocycles. The molecule has 4 rings (SSSR count). The second-order valence-electron chi connectivity index (χ2n) is 7.49. The third-order valence-corrected chi connectivity index (χ3v) is 5.56. The van der Waals surface area contributed by atoms with Gasteiger partial charge in [0.05, 0.1) is 23.1 Å². The molecule has 1 amide bonds. The van der Waals surface area contributed by atoms with E-state index in [1.165, 1.54) is 5.69 Å². The number of anilines is 1. The number of aromatic nitrogens is 2.